The van der Waals surface area contributed by atoms with E-state index in [1.807, 2.05) is 0 Å². The first-order valence-electron chi connectivity index (χ1n) is 4.54. The Balaban J connectivity index is 2.31. The van der Waals surface area contributed by atoms with E-state index in [0.717, 1.165) is 31.1 Å². The molecule has 1 aromatic heterocycles. The van der Waals surface area contributed by atoms with Crippen molar-refractivity contribution in [2.24, 2.45) is 0 Å². The molecular weight excluding hydrogens is 184 g/mol. The van der Waals surface area contributed by atoms with E-state index >= 15 is 0 Å². The molecule has 1 aromatic rings. The number of ether oxygens (including phenoxy) is 1. The minimum Gasteiger partial charge on any atom is -0.383 e. The number of aryl methyl sites for hydroxylation is 1. The number of nitrogens with zero attached hydrogens (tertiary/aromatic N) is 1. The van der Waals surface area contributed by atoms with Gasteiger partial charge < -0.3 is 10.1 Å². The molecule has 0 fully saturated rings. The highest BCUT2D eigenvalue weighted by Gasteiger charge is 1.99. The second-order valence-corrected chi connectivity index (χ2v) is 3.67. The lowest BCUT2D eigenvalue weighted by Gasteiger charge is -1.99. The van der Waals surface area contributed by atoms with Crippen LogP contribution in [0.4, 0.5) is 5.13 Å². The van der Waals surface area contributed by atoms with Gasteiger partial charge in [0, 0.05) is 19.0 Å². The molecule has 13 heavy (non-hydrogen) atoms. The van der Waals surface area contributed by atoms with Crippen molar-refractivity contribution in [2.75, 3.05) is 25.6 Å². The lowest BCUT2D eigenvalue weighted by atomic mass is 10.3. The topological polar surface area (TPSA) is 34.1 Å². The number of thiazole rings is 1. The molecule has 0 saturated carbocycles. The maximum atomic E-state index is 4.93. The van der Waals surface area contributed by atoms with Crippen molar-refractivity contribution in [1.29, 1.82) is 0 Å². The molecule has 0 atom stereocenters. The summed E-state index contributed by atoms with van der Waals surface area (Å²) in [5.41, 5.74) is 1.19. The zero-order valence-electron chi connectivity index (χ0n) is 8.17. The third kappa shape index (κ3) is 3.74. The Morgan fingerprint density at radius 3 is 3.15 bits per heavy atom. The van der Waals surface area contributed by atoms with Crippen LogP contribution in [0.5, 0.6) is 0 Å². The Labute approximate surface area is 83.1 Å². The van der Waals surface area contributed by atoms with Crippen LogP contribution in [0.2, 0.25) is 0 Å². The molecule has 0 aromatic carbocycles. The van der Waals surface area contributed by atoms with Gasteiger partial charge in [0.05, 0.1) is 12.3 Å². The van der Waals surface area contributed by atoms with Gasteiger partial charge in [-0.3, -0.25) is 0 Å². The predicted octanol–water partition coefficient (Wildman–Crippen LogP) is 2.15. The van der Waals surface area contributed by atoms with Crippen LogP contribution in [0.25, 0.3) is 0 Å². The first-order valence-corrected chi connectivity index (χ1v) is 5.42. The van der Waals surface area contributed by atoms with E-state index in [4.69, 9.17) is 4.74 Å². The van der Waals surface area contributed by atoms with Gasteiger partial charge in [0.1, 0.15) is 0 Å². The minimum atomic E-state index is 0.725. The van der Waals surface area contributed by atoms with Gasteiger partial charge in [-0.25, -0.2) is 4.98 Å². The fourth-order valence-electron chi connectivity index (χ4n) is 1.02. The number of anilines is 1. The lowest BCUT2D eigenvalue weighted by Crippen LogP contribution is -2.07. The molecule has 1 heterocycles. The summed E-state index contributed by atoms with van der Waals surface area (Å²) in [5, 5.41) is 6.32. The van der Waals surface area contributed by atoms with Crippen molar-refractivity contribution >= 4 is 16.5 Å². The number of hydrogen-bond donors (Lipinski definition) is 1. The van der Waals surface area contributed by atoms with Gasteiger partial charge in [-0.1, -0.05) is 13.3 Å². The third-order valence-corrected chi connectivity index (χ3v) is 2.49. The summed E-state index contributed by atoms with van der Waals surface area (Å²) in [6, 6.07) is 0. The van der Waals surface area contributed by atoms with Crippen molar-refractivity contribution in [3.63, 3.8) is 0 Å². The Hall–Kier alpha value is -0.610. The van der Waals surface area contributed by atoms with Crippen molar-refractivity contribution < 1.29 is 4.74 Å². The van der Waals surface area contributed by atoms with E-state index in [0.29, 0.717) is 0 Å². The molecule has 0 bridgehead atoms. The molecule has 1 rings (SSSR count). The lowest BCUT2D eigenvalue weighted by molar-refractivity contribution is 0.211. The normalized spacial score (nSPS) is 10.3. The number of rotatable bonds is 6. The highest BCUT2D eigenvalue weighted by Crippen LogP contribution is 2.15. The fourth-order valence-corrected chi connectivity index (χ4v) is 1.79. The predicted molar refractivity (Wildman–Crippen MR) is 56.5 cm³/mol. The molecule has 74 valence electrons. The molecule has 0 aliphatic carbocycles. The van der Waals surface area contributed by atoms with Gasteiger partial charge in [0.25, 0.3) is 0 Å². The number of nitrogens with one attached hydrogen (secondary N) is 1. The summed E-state index contributed by atoms with van der Waals surface area (Å²) in [6.07, 6.45) is 2.23. The van der Waals surface area contributed by atoms with E-state index in [2.05, 4.69) is 22.6 Å². The number of aromatic nitrogens is 1. The highest BCUT2D eigenvalue weighted by atomic mass is 32.1. The van der Waals surface area contributed by atoms with E-state index < -0.39 is 0 Å². The van der Waals surface area contributed by atoms with Crippen molar-refractivity contribution in [2.45, 2.75) is 19.8 Å². The third-order valence-electron chi connectivity index (χ3n) is 1.64. The summed E-state index contributed by atoms with van der Waals surface area (Å²) in [7, 11) is 1.70. The fraction of sp³-hybridized carbons (Fsp3) is 0.667. The second-order valence-electron chi connectivity index (χ2n) is 2.81. The van der Waals surface area contributed by atoms with Gasteiger partial charge in [0.2, 0.25) is 0 Å². The number of methoxy groups -OCH3 is 1. The standard InChI is InChI=1S/C9H16N2OS/c1-3-4-8-7-13-9(11-8)10-5-6-12-2/h7H,3-6H2,1-2H3,(H,10,11). The smallest absolute Gasteiger partial charge is 0.182 e. The van der Waals surface area contributed by atoms with Crippen molar-refractivity contribution in [3.05, 3.63) is 11.1 Å². The van der Waals surface area contributed by atoms with Crippen LogP contribution >= 0.6 is 11.3 Å². The zero-order valence-corrected chi connectivity index (χ0v) is 8.99. The molecule has 1 N–H and O–H groups in total. The van der Waals surface area contributed by atoms with Gasteiger partial charge in [-0.15, -0.1) is 11.3 Å². The van der Waals surface area contributed by atoms with Gasteiger partial charge >= 0.3 is 0 Å². The van der Waals surface area contributed by atoms with Crippen LogP contribution in [-0.4, -0.2) is 25.2 Å². The van der Waals surface area contributed by atoms with E-state index in [9.17, 15) is 0 Å². The summed E-state index contributed by atoms with van der Waals surface area (Å²) in [4.78, 5) is 4.42. The van der Waals surface area contributed by atoms with E-state index in [-0.39, 0.29) is 0 Å². The monoisotopic (exact) mass is 200 g/mol. The SMILES string of the molecule is CCCc1csc(NCCOC)n1. The average molecular weight is 200 g/mol. The van der Waals surface area contributed by atoms with Crippen LogP contribution in [0.15, 0.2) is 5.38 Å². The summed E-state index contributed by atoms with van der Waals surface area (Å²) >= 11 is 1.66. The Morgan fingerprint density at radius 1 is 1.62 bits per heavy atom. The summed E-state index contributed by atoms with van der Waals surface area (Å²) in [6.45, 7) is 3.72. The minimum absolute atomic E-state index is 0.725. The first kappa shape index (κ1) is 10.5. The van der Waals surface area contributed by atoms with Crippen LogP contribution in [0.3, 0.4) is 0 Å². The summed E-state index contributed by atoms with van der Waals surface area (Å²) < 4.78 is 4.93. The molecule has 0 unspecified atom stereocenters. The van der Waals surface area contributed by atoms with Crippen molar-refractivity contribution in [1.82, 2.24) is 4.98 Å². The first-order chi connectivity index (χ1) is 6.36. The molecule has 0 spiro atoms. The van der Waals surface area contributed by atoms with Crippen LogP contribution < -0.4 is 5.32 Å². The summed E-state index contributed by atoms with van der Waals surface area (Å²) in [5.74, 6) is 0. The van der Waals surface area contributed by atoms with Crippen molar-refractivity contribution in [3.8, 4) is 0 Å². The molecule has 0 saturated heterocycles. The second kappa shape index (κ2) is 5.94. The largest absolute Gasteiger partial charge is 0.383 e. The molecule has 0 aliphatic heterocycles. The Bertz CT molecular complexity index is 237. The molecule has 4 heteroatoms. The van der Waals surface area contributed by atoms with Gasteiger partial charge in [0.15, 0.2) is 5.13 Å². The Morgan fingerprint density at radius 2 is 2.46 bits per heavy atom. The molecule has 0 aliphatic rings. The molecule has 0 radical (unpaired) electrons. The quantitative estimate of drug-likeness (QED) is 0.714. The van der Waals surface area contributed by atoms with E-state index in [1.165, 1.54) is 5.69 Å². The maximum absolute atomic E-state index is 4.93. The van der Waals surface area contributed by atoms with Gasteiger partial charge in [-0.2, -0.15) is 0 Å². The Kier molecular flexibility index (Phi) is 4.78. The van der Waals surface area contributed by atoms with Gasteiger partial charge in [-0.05, 0) is 6.42 Å². The van der Waals surface area contributed by atoms with E-state index in [1.54, 1.807) is 18.4 Å². The molecule has 0 amide bonds. The molecule has 3 nitrogen and oxygen atoms in total. The zero-order chi connectivity index (χ0) is 9.52. The van der Waals surface area contributed by atoms with Crippen LogP contribution in [0.1, 0.15) is 19.0 Å². The average Bonchev–Trinajstić information content (AvgIpc) is 2.54. The number of hydrogen-bond acceptors (Lipinski definition) is 4. The van der Waals surface area contributed by atoms with Crippen LogP contribution in [-0.2, 0) is 11.2 Å². The highest BCUT2D eigenvalue weighted by molar-refractivity contribution is 7.13. The molecular formula is C9H16N2OS. The van der Waals surface area contributed by atoms with Crippen LogP contribution in [0, 0.1) is 0 Å². The maximum Gasteiger partial charge on any atom is 0.182 e.